The third kappa shape index (κ3) is 4.04. The summed E-state index contributed by atoms with van der Waals surface area (Å²) in [7, 11) is 0. The first-order valence-electron chi connectivity index (χ1n) is 10.1. The summed E-state index contributed by atoms with van der Waals surface area (Å²) in [6.07, 6.45) is 5.29. The predicted molar refractivity (Wildman–Crippen MR) is 114 cm³/mol. The molecule has 4 N–H and O–H groups in total. The molecule has 158 valence electrons. The Hall–Kier alpha value is -3.95. The number of aryl methyl sites for hydroxylation is 2. The van der Waals surface area contributed by atoms with E-state index < -0.39 is 5.69 Å². The van der Waals surface area contributed by atoms with E-state index in [0.717, 1.165) is 18.4 Å². The number of rotatable bonds is 5. The molecule has 3 heterocycles. The summed E-state index contributed by atoms with van der Waals surface area (Å²) in [4.78, 5) is 30.1. The highest BCUT2D eigenvalue weighted by molar-refractivity contribution is 5.57. The summed E-state index contributed by atoms with van der Waals surface area (Å²) in [6.45, 7) is 4.71. The number of aromatic hydroxyl groups is 1. The lowest BCUT2D eigenvalue weighted by Crippen LogP contribution is -2.24. The van der Waals surface area contributed by atoms with Crippen LogP contribution in [0.25, 0.3) is 11.7 Å². The molecular formula is C21H22N8O2. The summed E-state index contributed by atoms with van der Waals surface area (Å²) in [5.41, 5.74) is 4.30. The Balaban J connectivity index is 1.58. The van der Waals surface area contributed by atoms with E-state index in [1.165, 1.54) is 11.1 Å². The number of aromatic nitrogens is 6. The molecule has 1 aliphatic rings. The standard InChI is InChI=1S/C21H22N8O2/c1-11-5-12(2)7-13(6-11)9-22-19-26-17-14(8-16-18(30)27-21(31)25-16)10-23-29(17)20(28-19)24-15-3-4-15/h5-8,10,15,30H,3-4,9H2,1-2H3,(H,22,24,28)(H2,25,27,31). The van der Waals surface area contributed by atoms with Gasteiger partial charge in [0.1, 0.15) is 5.69 Å². The smallest absolute Gasteiger partial charge is 0.326 e. The molecule has 10 nitrogen and oxygen atoms in total. The first kappa shape index (κ1) is 19.0. The minimum atomic E-state index is -0.491. The van der Waals surface area contributed by atoms with Crippen molar-refractivity contribution in [2.24, 2.45) is 4.99 Å². The molecule has 1 fully saturated rings. The zero-order chi connectivity index (χ0) is 21.5. The summed E-state index contributed by atoms with van der Waals surface area (Å²) in [5, 5.41) is 18.2. The van der Waals surface area contributed by atoms with Crippen LogP contribution in [0.15, 0.2) is 34.2 Å². The van der Waals surface area contributed by atoms with Crippen LogP contribution in [0.4, 0.5) is 5.95 Å². The normalized spacial score (nSPS) is 15.2. The minimum Gasteiger partial charge on any atom is -0.493 e. The molecule has 0 bridgehead atoms. The van der Waals surface area contributed by atoms with Crippen molar-refractivity contribution in [2.75, 3.05) is 5.32 Å². The maximum atomic E-state index is 11.4. The second-order valence-corrected chi connectivity index (χ2v) is 7.88. The van der Waals surface area contributed by atoms with E-state index in [4.69, 9.17) is 0 Å². The molecule has 0 aliphatic heterocycles. The Labute approximate surface area is 176 Å². The lowest BCUT2D eigenvalue weighted by atomic mass is 10.1. The van der Waals surface area contributed by atoms with Gasteiger partial charge >= 0.3 is 5.69 Å². The second kappa shape index (κ2) is 7.38. The van der Waals surface area contributed by atoms with Gasteiger partial charge in [-0.3, -0.25) is 4.98 Å². The molecule has 10 heteroatoms. The molecule has 1 saturated carbocycles. The van der Waals surface area contributed by atoms with Crippen molar-refractivity contribution in [1.29, 1.82) is 0 Å². The average molecular weight is 418 g/mol. The Morgan fingerprint density at radius 1 is 1.23 bits per heavy atom. The second-order valence-electron chi connectivity index (χ2n) is 7.88. The van der Waals surface area contributed by atoms with Crippen molar-refractivity contribution in [3.05, 3.63) is 68.1 Å². The monoisotopic (exact) mass is 418 g/mol. The van der Waals surface area contributed by atoms with Crippen LogP contribution < -0.4 is 21.8 Å². The highest BCUT2D eigenvalue weighted by Gasteiger charge is 2.21. The van der Waals surface area contributed by atoms with Crippen LogP contribution in [0, 0.1) is 13.8 Å². The van der Waals surface area contributed by atoms with Crippen molar-refractivity contribution in [3.8, 4) is 5.88 Å². The van der Waals surface area contributed by atoms with Crippen LogP contribution in [0.2, 0.25) is 0 Å². The van der Waals surface area contributed by atoms with Gasteiger partial charge < -0.3 is 15.4 Å². The quantitative estimate of drug-likeness (QED) is 0.376. The number of nitrogens with one attached hydrogen (secondary N) is 3. The number of imidazole rings is 1. The van der Waals surface area contributed by atoms with E-state index in [1.54, 1.807) is 16.8 Å². The Kier molecular flexibility index (Phi) is 4.54. The number of hydrogen-bond donors (Lipinski definition) is 4. The third-order valence-electron chi connectivity index (χ3n) is 4.99. The summed E-state index contributed by atoms with van der Waals surface area (Å²) < 4.78 is 1.58. The summed E-state index contributed by atoms with van der Waals surface area (Å²) in [6, 6.07) is 6.63. The largest absolute Gasteiger partial charge is 0.493 e. The van der Waals surface area contributed by atoms with Crippen LogP contribution >= 0.6 is 0 Å². The van der Waals surface area contributed by atoms with Gasteiger partial charge in [-0.1, -0.05) is 29.3 Å². The lowest BCUT2D eigenvalue weighted by molar-refractivity contribution is 0.454. The van der Waals surface area contributed by atoms with E-state index in [-0.39, 0.29) is 17.6 Å². The van der Waals surface area contributed by atoms with Gasteiger partial charge in [0.2, 0.25) is 11.8 Å². The van der Waals surface area contributed by atoms with Gasteiger partial charge in [0.25, 0.3) is 5.62 Å². The van der Waals surface area contributed by atoms with Crippen LogP contribution in [-0.2, 0) is 6.54 Å². The summed E-state index contributed by atoms with van der Waals surface area (Å²) in [5.74, 6) is 0.197. The van der Waals surface area contributed by atoms with Crippen molar-refractivity contribution in [1.82, 2.24) is 29.5 Å². The van der Waals surface area contributed by atoms with Crippen molar-refractivity contribution in [2.45, 2.75) is 39.3 Å². The molecule has 31 heavy (non-hydrogen) atoms. The Morgan fingerprint density at radius 3 is 2.68 bits per heavy atom. The molecule has 4 aromatic rings. The number of H-pyrrole nitrogens is 2. The fraction of sp³-hybridized carbons (Fsp3) is 0.286. The maximum absolute atomic E-state index is 11.4. The molecule has 0 radical (unpaired) electrons. The fourth-order valence-corrected chi connectivity index (χ4v) is 3.51. The van der Waals surface area contributed by atoms with Gasteiger partial charge in [-0.25, -0.2) is 9.79 Å². The van der Waals surface area contributed by atoms with Gasteiger partial charge in [-0.2, -0.15) is 19.6 Å². The van der Waals surface area contributed by atoms with Crippen molar-refractivity contribution < 1.29 is 5.11 Å². The molecule has 3 aromatic heterocycles. The van der Waals surface area contributed by atoms with Crippen molar-refractivity contribution in [3.63, 3.8) is 0 Å². The van der Waals surface area contributed by atoms with Crippen LogP contribution in [0.3, 0.4) is 0 Å². The van der Waals surface area contributed by atoms with E-state index >= 15 is 0 Å². The number of benzene rings is 1. The SMILES string of the molecule is Cc1cc(C)cc(CNc2nc(=NC3CC3)n3ncc(=Cc4[nH]c(=O)[nH]c4O)c3n2)c1. The molecule has 0 amide bonds. The average Bonchev–Trinajstić information content (AvgIpc) is 3.34. The molecular weight excluding hydrogens is 396 g/mol. The van der Waals surface area contributed by atoms with E-state index in [9.17, 15) is 9.90 Å². The van der Waals surface area contributed by atoms with Gasteiger partial charge in [0.15, 0.2) is 5.65 Å². The van der Waals surface area contributed by atoms with Gasteiger partial charge in [-0.15, -0.1) is 0 Å². The minimum absolute atomic E-state index is 0.241. The predicted octanol–water partition coefficient (Wildman–Crippen LogP) is 0.686. The van der Waals surface area contributed by atoms with Gasteiger partial charge in [-0.05, 0) is 38.3 Å². The molecule has 1 aliphatic carbocycles. The molecule has 0 unspecified atom stereocenters. The van der Waals surface area contributed by atoms with E-state index in [1.807, 2.05) is 0 Å². The van der Waals surface area contributed by atoms with Crippen LogP contribution in [0.5, 0.6) is 5.88 Å². The molecule has 0 atom stereocenters. The zero-order valence-corrected chi connectivity index (χ0v) is 17.2. The van der Waals surface area contributed by atoms with Crippen LogP contribution in [0.1, 0.15) is 35.2 Å². The molecule has 0 saturated heterocycles. The van der Waals surface area contributed by atoms with Gasteiger partial charge in [0, 0.05) is 11.8 Å². The van der Waals surface area contributed by atoms with Gasteiger partial charge in [0.05, 0.1) is 12.2 Å². The Bertz CT molecular complexity index is 1440. The number of hydrogen-bond acceptors (Lipinski definition) is 7. The molecule has 1 aromatic carbocycles. The number of nitrogens with zero attached hydrogens (tertiary/aromatic N) is 5. The zero-order valence-electron chi connectivity index (χ0n) is 17.2. The van der Waals surface area contributed by atoms with E-state index in [0.29, 0.717) is 29.0 Å². The van der Waals surface area contributed by atoms with Crippen molar-refractivity contribution >= 4 is 17.7 Å². The van der Waals surface area contributed by atoms with Crippen LogP contribution in [-0.4, -0.2) is 40.7 Å². The highest BCUT2D eigenvalue weighted by atomic mass is 16.3. The topological polar surface area (TPSA) is 136 Å². The molecule has 0 spiro atoms. The lowest BCUT2D eigenvalue weighted by Gasteiger charge is -2.07. The third-order valence-corrected chi connectivity index (χ3v) is 4.99. The number of aromatic amines is 2. The summed E-state index contributed by atoms with van der Waals surface area (Å²) >= 11 is 0. The molecule has 5 rings (SSSR count). The first-order valence-corrected chi connectivity index (χ1v) is 10.1. The fourth-order valence-electron chi connectivity index (χ4n) is 3.51. The highest BCUT2D eigenvalue weighted by Crippen LogP contribution is 2.22. The maximum Gasteiger partial charge on any atom is 0.326 e. The first-order chi connectivity index (χ1) is 14.9. The number of anilines is 1. The number of fused-ring (bicyclic) bond motifs is 1. The Morgan fingerprint density at radius 2 is 2.00 bits per heavy atom. The van der Waals surface area contributed by atoms with E-state index in [2.05, 4.69) is 67.4 Å².